The summed E-state index contributed by atoms with van der Waals surface area (Å²) in [5.41, 5.74) is 6.40. The summed E-state index contributed by atoms with van der Waals surface area (Å²) in [4.78, 5) is 5.27. The lowest BCUT2D eigenvalue weighted by molar-refractivity contribution is 0.0366. The maximum atomic E-state index is 6.09. The summed E-state index contributed by atoms with van der Waals surface area (Å²) in [6.45, 7) is 12.6. The lowest BCUT2D eigenvalue weighted by atomic mass is 9.84. The van der Waals surface area contributed by atoms with Crippen LogP contribution in [-0.4, -0.2) is 54.1 Å². The van der Waals surface area contributed by atoms with E-state index < -0.39 is 0 Å². The summed E-state index contributed by atoms with van der Waals surface area (Å²) >= 11 is 0. The van der Waals surface area contributed by atoms with Gasteiger partial charge in [0.15, 0.2) is 0 Å². The van der Waals surface area contributed by atoms with E-state index in [1.54, 1.807) is 0 Å². The second-order valence-corrected chi connectivity index (χ2v) is 7.82. The fraction of sp³-hybridized carbons (Fsp3) is 1.00. The van der Waals surface area contributed by atoms with Crippen LogP contribution in [0, 0.1) is 5.92 Å². The van der Waals surface area contributed by atoms with E-state index >= 15 is 0 Å². The molecule has 0 amide bonds. The van der Waals surface area contributed by atoms with Crippen molar-refractivity contribution in [3.63, 3.8) is 0 Å². The Labute approximate surface area is 125 Å². The summed E-state index contributed by atoms with van der Waals surface area (Å²) in [7, 11) is 0. The Bertz CT molecular complexity index is 270. The number of piperazine rings is 1. The number of nitrogens with zero attached hydrogens (tertiary/aromatic N) is 2. The molecule has 1 aliphatic carbocycles. The molecule has 0 aromatic heterocycles. The average molecular weight is 281 g/mol. The predicted octanol–water partition coefficient (Wildman–Crippen LogP) is 2.70. The van der Waals surface area contributed by atoms with Gasteiger partial charge in [0, 0.05) is 44.3 Å². The maximum Gasteiger partial charge on any atom is 0.0222 e. The second-order valence-electron chi connectivity index (χ2n) is 7.82. The summed E-state index contributed by atoms with van der Waals surface area (Å²) in [6.07, 6.45) is 8.57. The number of hydrogen-bond donors (Lipinski definition) is 1. The van der Waals surface area contributed by atoms with Gasteiger partial charge in [-0.3, -0.25) is 9.80 Å². The molecule has 1 saturated heterocycles. The first-order chi connectivity index (χ1) is 9.50. The van der Waals surface area contributed by atoms with Gasteiger partial charge in [-0.2, -0.15) is 0 Å². The summed E-state index contributed by atoms with van der Waals surface area (Å²) < 4.78 is 0. The molecule has 3 nitrogen and oxygen atoms in total. The van der Waals surface area contributed by atoms with Crippen molar-refractivity contribution in [1.82, 2.24) is 9.80 Å². The molecule has 2 N–H and O–H groups in total. The zero-order chi connectivity index (χ0) is 14.6. The minimum Gasteiger partial charge on any atom is -0.329 e. The number of rotatable bonds is 4. The van der Waals surface area contributed by atoms with Crippen molar-refractivity contribution >= 4 is 0 Å². The van der Waals surface area contributed by atoms with Crippen molar-refractivity contribution in [3.8, 4) is 0 Å². The number of nitrogens with two attached hydrogens (primary N) is 1. The van der Waals surface area contributed by atoms with E-state index in [0.717, 1.165) is 12.5 Å². The van der Waals surface area contributed by atoms with Crippen LogP contribution in [0.3, 0.4) is 0 Å². The van der Waals surface area contributed by atoms with Crippen LogP contribution in [0.2, 0.25) is 0 Å². The Morgan fingerprint density at radius 2 is 1.60 bits per heavy atom. The van der Waals surface area contributed by atoms with Crippen LogP contribution >= 0.6 is 0 Å². The monoisotopic (exact) mass is 281 g/mol. The van der Waals surface area contributed by atoms with Gasteiger partial charge in [0.05, 0.1) is 0 Å². The second kappa shape index (κ2) is 7.24. The van der Waals surface area contributed by atoms with E-state index in [0.29, 0.717) is 11.6 Å². The van der Waals surface area contributed by atoms with Gasteiger partial charge in [0.1, 0.15) is 0 Å². The van der Waals surface area contributed by atoms with Gasteiger partial charge in [0.25, 0.3) is 0 Å². The van der Waals surface area contributed by atoms with Crippen molar-refractivity contribution in [2.24, 2.45) is 11.7 Å². The molecule has 118 valence electrons. The largest absolute Gasteiger partial charge is 0.329 e. The predicted molar refractivity (Wildman–Crippen MR) is 86.9 cm³/mol. The Morgan fingerprint density at radius 3 is 2.10 bits per heavy atom. The summed E-state index contributed by atoms with van der Waals surface area (Å²) in [6, 6.07) is 0.625. The van der Waals surface area contributed by atoms with Gasteiger partial charge >= 0.3 is 0 Å². The molecule has 0 spiro atoms. The van der Waals surface area contributed by atoms with Gasteiger partial charge < -0.3 is 5.73 Å². The Morgan fingerprint density at radius 1 is 1.00 bits per heavy atom. The molecular weight excluding hydrogens is 246 g/mol. The lowest BCUT2D eigenvalue weighted by Crippen LogP contribution is -2.57. The first kappa shape index (κ1) is 16.3. The highest BCUT2D eigenvalue weighted by Gasteiger charge is 2.29. The van der Waals surface area contributed by atoms with Crippen molar-refractivity contribution in [2.45, 2.75) is 70.9 Å². The highest BCUT2D eigenvalue weighted by molar-refractivity contribution is 4.86. The van der Waals surface area contributed by atoms with Crippen LogP contribution in [0.25, 0.3) is 0 Å². The quantitative estimate of drug-likeness (QED) is 0.860. The molecule has 1 saturated carbocycles. The molecule has 0 radical (unpaired) electrons. The van der Waals surface area contributed by atoms with Crippen molar-refractivity contribution in [1.29, 1.82) is 0 Å². The van der Waals surface area contributed by atoms with Gasteiger partial charge in [0.2, 0.25) is 0 Å². The van der Waals surface area contributed by atoms with Crippen LogP contribution in [0.4, 0.5) is 0 Å². The van der Waals surface area contributed by atoms with E-state index in [1.807, 2.05) is 0 Å². The number of hydrogen-bond acceptors (Lipinski definition) is 3. The molecule has 20 heavy (non-hydrogen) atoms. The minimum atomic E-state index is 0.313. The summed E-state index contributed by atoms with van der Waals surface area (Å²) in [5, 5.41) is 0. The Hall–Kier alpha value is -0.120. The zero-order valence-corrected chi connectivity index (χ0v) is 13.9. The molecule has 1 aliphatic heterocycles. The third-order valence-corrected chi connectivity index (χ3v) is 5.38. The Balaban J connectivity index is 1.80. The Kier molecular flexibility index (Phi) is 5.88. The highest BCUT2D eigenvalue weighted by atomic mass is 15.3. The van der Waals surface area contributed by atoms with E-state index in [-0.39, 0.29) is 0 Å². The highest BCUT2D eigenvalue weighted by Crippen LogP contribution is 2.29. The van der Waals surface area contributed by atoms with E-state index in [9.17, 15) is 0 Å². The first-order valence-electron chi connectivity index (χ1n) is 8.70. The zero-order valence-electron chi connectivity index (χ0n) is 13.9. The molecule has 0 aromatic carbocycles. The molecule has 2 rings (SSSR count). The van der Waals surface area contributed by atoms with E-state index in [1.165, 1.54) is 64.7 Å². The van der Waals surface area contributed by atoms with Crippen molar-refractivity contribution in [2.75, 3.05) is 32.7 Å². The lowest BCUT2D eigenvalue weighted by Gasteiger charge is -2.45. The van der Waals surface area contributed by atoms with Gasteiger partial charge in [-0.15, -0.1) is 0 Å². The minimum absolute atomic E-state index is 0.313. The van der Waals surface area contributed by atoms with Gasteiger partial charge in [-0.25, -0.2) is 0 Å². The molecular formula is C17H35N3. The third-order valence-electron chi connectivity index (χ3n) is 5.38. The normalized spacial score (nSPS) is 25.8. The van der Waals surface area contributed by atoms with Crippen LogP contribution in [0.15, 0.2) is 0 Å². The first-order valence-corrected chi connectivity index (χ1v) is 8.70. The van der Waals surface area contributed by atoms with Gasteiger partial charge in [-0.05, 0) is 33.1 Å². The molecule has 3 heteroatoms. The van der Waals surface area contributed by atoms with Crippen molar-refractivity contribution < 1.29 is 0 Å². The molecule has 1 unspecified atom stereocenters. The molecule has 0 bridgehead atoms. The average Bonchev–Trinajstić information content (AvgIpc) is 2.45. The molecule has 0 aromatic rings. The fourth-order valence-electron chi connectivity index (χ4n) is 3.96. The van der Waals surface area contributed by atoms with Crippen LogP contribution < -0.4 is 5.73 Å². The smallest absolute Gasteiger partial charge is 0.0222 e. The molecule has 1 atom stereocenters. The molecule has 2 fully saturated rings. The molecule has 1 heterocycles. The SMILES string of the molecule is CC(C)(C)N1CCN(C(CN)CC2CCCCC2)CC1. The standard InChI is InChI=1S/C17H35N3/c1-17(2,3)20-11-9-19(10-12-20)16(14-18)13-15-7-5-4-6-8-15/h15-16H,4-14,18H2,1-3H3. The van der Waals surface area contributed by atoms with Crippen LogP contribution in [0.5, 0.6) is 0 Å². The van der Waals surface area contributed by atoms with Crippen molar-refractivity contribution in [3.05, 3.63) is 0 Å². The van der Waals surface area contributed by atoms with Gasteiger partial charge in [-0.1, -0.05) is 32.1 Å². The van der Waals surface area contributed by atoms with Crippen LogP contribution in [0.1, 0.15) is 59.3 Å². The maximum absolute atomic E-state index is 6.09. The fourth-order valence-corrected chi connectivity index (χ4v) is 3.96. The topological polar surface area (TPSA) is 32.5 Å². The van der Waals surface area contributed by atoms with E-state index in [4.69, 9.17) is 5.73 Å². The summed E-state index contributed by atoms with van der Waals surface area (Å²) in [5.74, 6) is 0.943. The van der Waals surface area contributed by atoms with E-state index in [2.05, 4.69) is 30.6 Å². The molecule has 2 aliphatic rings. The van der Waals surface area contributed by atoms with Crippen LogP contribution in [-0.2, 0) is 0 Å². The third kappa shape index (κ3) is 4.44.